The van der Waals surface area contributed by atoms with Crippen LogP contribution in [-0.2, 0) is 9.53 Å². The minimum Gasteiger partial charge on any atom is -0.461 e. The van der Waals surface area contributed by atoms with E-state index in [1.54, 1.807) is 0 Å². The minimum atomic E-state index is -0.325. The maximum Gasteiger partial charge on any atom is 0.316 e. The van der Waals surface area contributed by atoms with Crippen LogP contribution in [0.25, 0.3) is 0 Å². The van der Waals surface area contributed by atoms with E-state index in [1.165, 1.54) is 12.5 Å². The van der Waals surface area contributed by atoms with E-state index < -0.39 is 0 Å². The van der Waals surface area contributed by atoms with Gasteiger partial charge >= 0.3 is 5.97 Å². The van der Waals surface area contributed by atoms with Gasteiger partial charge < -0.3 is 15.5 Å². The summed E-state index contributed by atoms with van der Waals surface area (Å²) in [6, 6.07) is 1.21. The van der Waals surface area contributed by atoms with Crippen LogP contribution in [0.2, 0.25) is 0 Å². The summed E-state index contributed by atoms with van der Waals surface area (Å²) in [6.07, 6.45) is 3.21. The molecule has 3 atom stereocenters. The van der Waals surface area contributed by atoms with E-state index in [0.29, 0.717) is 22.9 Å². The second-order valence-electron chi connectivity index (χ2n) is 6.62. The molecule has 0 aliphatic heterocycles. The zero-order valence-corrected chi connectivity index (χ0v) is 14.7. The number of nitrogens with one attached hydrogen (secondary N) is 1. The average molecular weight is 339 g/mol. The van der Waals surface area contributed by atoms with Gasteiger partial charge in [0.2, 0.25) is 0 Å². The number of carbonyl (C=O) groups excluding carboxylic acids is 1. The Balaban J connectivity index is 1.91. The van der Waals surface area contributed by atoms with Crippen LogP contribution in [0, 0.1) is 17.8 Å². The Hall–Kier alpha value is -1.50. The van der Waals surface area contributed by atoms with Crippen molar-refractivity contribution in [1.82, 2.24) is 9.97 Å². The van der Waals surface area contributed by atoms with Crippen LogP contribution in [0.3, 0.4) is 0 Å². The number of anilines is 1. The summed E-state index contributed by atoms with van der Waals surface area (Å²) in [6.45, 7) is 6.56. The zero-order chi connectivity index (χ0) is 17.0. The first-order chi connectivity index (χ1) is 10.8. The van der Waals surface area contributed by atoms with Crippen LogP contribution >= 0.6 is 11.8 Å². The van der Waals surface area contributed by atoms with Gasteiger partial charge in [-0.25, -0.2) is 4.98 Å². The number of hydrogen-bond acceptors (Lipinski definition) is 6. The number of aromatic nitrogens is 2. The van der Waals surface area contributed by atoms with Crippen LogP contribution in [0.1, 0.15) is 40.0 Å². The van der Waals surface area contributed by atoms with Crippen LogP contribution in [-0.4, -0.2) is 27.8 Å². The van der Waals surface area contributed by atoms with Crippen molar-refractivity contribution in [2.75, 3.05) is 11.5 Å². The Morgan fingerprint density at radius 1 is 1.52 bits per heavy atom. The van der Waals surface area contributed by atoms with E-state index >= 15 is 0 Å². The molecular weight excluding hydrogens is 314 g/mol. The summed E-state index contributed by atoms with van der Waals surface area (Å²) in [5.41, 5.74) is 5.20. The highest BCUT2D eigenvalue weighted by molar-refractivity contribution is 7.99. The maximum absolute atomic E-state index is 12.1. The van der Waals surface area contributed by atoms with Crippen LogP contribution in [0.4, 0.5) is 5.82 Å². The summed E-state index contributed by atoms with van der Waals surface area (Å²) in [5, 5.41) is 0.337. The third kappa shape index (κ3) is 5.27. The summed E-state index contributed by atoms with van der Waals surface area (Å²) >= 11 is 1.13. The predicted molar refractivity (Wildman–Crippen MR) is 91.2 cm³/mol. The normalized spacial score (nSPS) is 24.6. The quantitative estimate of drug-likeness (QED) is 0.486. The van der Waals surface area contributed by atoms with Gasteiger partial charge in [-0.3, -0.25) is 9.59 Å². The van der Waals surface area contributed by atoms with Crippen molar-refractivity contribution in [3.05, 3.63) is 16.4 Å². The van der Waals surface area contributed by atoms with E-state index in [-0.39, 0.29) is 29.2 Å². The van der Waals surface area contributed by atoms with Crippen LogP contribution < -0.4 is 11.3 Å². The molecule has 1 aliphatic rings. The van der Waals surface area contributed by atoms with Crippen molar-refractivity contribution in [2.24, 2.45) is 17.8 Å². The third-order valence-electron chi connectivity index (χ3n) is 4.31. The third-order valence-corrected chi connectivity index (χ3v) is 5.16. The lowest BCUT2D eigenvalue weighted by Crippen LogP contribution is -2.36. The zero-order valence-electron chi connectivity index (χ0n) is 13.9. The largest absolute Gasteiger partial charge is 0.461 e. The van der Waals surface area contributed by atoms with Gasteiger partial charge in [0.25, 0.3) is 5.56 Å². The van der Waals surface area contributed by atoms with Crippen molar-refractivity contribution in [3.63, 3.8) is 0 Å². The number of ether oxygens (including phenoxy) is 1. The van der Waals surface area contributed by atoms with Gasteiger partial charge in [0.15, 0.2) is 5.16 Å². The molecule has 0 radical (unpaired) electrons. The molecule has 0 saturated heterocycles. The van der Waals surface area contributed by atoms with E-state index in [9.17, 15) is 9.59 Å². The molecule has 1 heterocycles. The lowest BCUT2D eigenvalue weighted by molar-refractivity contribution is -0.152. The van der Waals surface area contributed by atoms with Gasteiger partial charge in [-0.1, -0.05) is 39.0 Å². The number of H-pyrrole nitrogens is 1. The number of rotatable bonds is 5. The molecule has 1 fully saturated rings. The number of nitrogen functional groups attached to an aromatic ring is 1. The Kier molecular flexibility index (Phi) is 6.10. The van der Waals surface area contributed by atoms with Crippen LogP contribution in [0.15, 0.2) is 16.0 Å². The maximum atomic E-state index is 12.1. The molecule has 128 valence electrons. The molecule has 3 N–H and O–H groups in total. The molecule has 0 spiro atoms. The topological polar surface area (TPSA) is 98.1 Å². The average Bonchev–Trinajstić information content (AvgIpc) is 2.44. The second kappa shape index (κ2) is 7.86. The molecule has 0 bridgehead atoms. The fraction of sp³-hybridized carbons (Fsp3) is 0.688. The minimum absolute atomic E-state index is 0.0142. The highest BCUT2D eigenvalue weighted by atomic mass is 32.2. The lowest BCUT2D eigenvalue weighted by atomic mass is 9.75. The van der Waals surface area contributed by atoms with Gasteiger partial charge in [0, 0.05) is 6.07 Å². The Labute approximate surface area is 140 Å². The summed E-state index contributed by atoms with van der Waals surface area (Å²) in [7, 11) is 0. The Bertz CT molecular complexity index is 602. The predicted octanol–water partition coefficient (Wildman–Crippen LogP) is 2.45. The van der Waals surface area contributed by atoms with Crippen molar-refractivity contribution < 1.29 is 9.53 Å². The van der Waals surface area contributed by atoms with E-state index in [2.05, 4.69) is 30.7 Å². The first kappa shape index (κ1) is 17.8. The van der Waals surface area contributed by atoms with E-state index in [0.717, 1.165) is 24.6 Å². The molecule has 1 aromatic heterocycles. The fourth-order valence-electron chi connectivity index (χ4n) is 3.10. The number of thioether (sulfide) groups is 1. The molecule has 23 heavy (non-hydrogen) atoms. The summed E-state index contributed by atoms with van der Waals surface area (Å²) in [5.74, 6) is 1.49. The highest BCUT2D eigenvalue weighted by Crippen LogP contribution is 2.35. The van der Waals surface area contributed by atoms with Gasteiger partial charge in [0.05, 0.1) is 5.75 Å². The SMILES string of the molecule is CC(C)[C@H]1CC[C@@H](C)C[C@H]1OC(=O)CSc1nc(N)cc(=O)[nH]1. The van der Waals surface area contributed by atoms with Crippen molar-refractivity contribution in [1.29, 1.82) is 0 Å². The number of esters is 1. The molecular formula is C16H25N3O3S. The van der Waals surface area contributed by atoms with Crippen molar-refractivity contribution >= 4 is 23.5 Å². The van der Waals surface area contributed by atoms with Gasteiger partial charge in [0.1, 0.15) is 11.9 Å². The monoisotopic (exact) mass is 339 g/mol. The standard InChI is InChI=1S/C16H25N3O3S/c1-9(2)11-5-4-10(3)6-12(11)22-15(21)8-23-16-18-13(17)7-14(20)19-16/h7,9-12H,4-6,8H2,1-3H3,(H3,17,18,19,20)/t10-,11-,12-/m1/s1. The molecule has 1 aliphatic carbocycles. The van der Waals surface area contributed by atoms with Crippen LogP contribution in [0.5, 0.6) is 0 Å². The van der Waals surface area contributed by atoms with Crippen molar-refractivity contribution in [3.8, 4) is 0 Å². The molecule has 0 aromatic carbocycles. The first-order valence-electron chi connectivity index (χ1n) is 8.04. The molecule has 7 heteroatoms. The molecule has 2 rings (SSSR count). The fourth-order valence-corrected chi connectivity index (χ4v) is 3.77. The molecule has 1 aromatic rings. The lowest BCUT2D eigenvalue weighted by Gasteiger charge is -2.36. The Morgan fingerprint density at radius 3 is 2.91 bits per heavy atom. The second-order valence-corrected chi connectivity index (χ2v) is 7.58. The van der Waals surface area contributed by atoms with Gasteiger partial charge in [-0.2, -0.15) is 0 Å². The molecule has 1 saturated carbocycles. The summed E-state index contributed by atoms with van der Waals surface area (Å²) in [4.78, 5) is 30.0. The number of aromatic amines is 1. The highest BCUT2D eigenvalue weighted by Gasteiger charge is 2.33. The number of nitrogens with zero attached hydrogens (tertiary/aromatic N) is 1. The molecule has 6 nitrogen and oxygen atoms in total. The molecule has 0 amide bonds. The first-order valence-corrected chi connectivity index (χ1v) is 9.02. The van der Waals surface area contributed by atoms with E-state index in [1.807, 2.05) is 0 Å². The Morgan fingerprint density at radius 2 is 2.26 bits per heavy atom. The van der Waals surface area contributed by atoms with Crippen molar-refractivity contribution in [2.45, 2.75) is 51.3 Å². The molecule has 0 unspecified atom stereocenters. The smallest absolute Gasteiger partial charge is 0.316 e. The number of hydrogen-bond donors (Lipinski definition) is 2. The van der Waals surface area contributed by atoms with Gasteiger partial charge in [-0.15, -0.1) is 0 Å². The number of nitrogens with two attached hydrogens (primary N) is 1. The van der Waals surface area contributed by atoms with Gasteiger partial charge in [-0.05, 0) is 30.6 Å². The van der Waals surface area contributed by atoms with E-state index in [4.69, 9.17) is 10.5 Å². The summed E-state index contributed by atoms with van der Waals surface area (Å²) < 4.78 is 5.71. The number of carbonyl (C=O) groups is 1.